The minimum Gasteiger partial charge on any atom is -0.486 e. The Kier molecular flexibility index (Phi) is 7.27. The molecule has 1 N–H and O–H groups in total. The molecule has 0 aliphatic carbocycles. The molecule has 0 atom stereocenters. The van der Waals surface area contributed by atoms with Gasteiger partial charge in [0.25, 0.3) is 0 Å². The van der Waals surface area contributed by atoms with Gasteiger partial charge in [-0.1, -0.05) is 31.2 Å². The molecule has 2 aromatic carbocycles. The zero-order valence-corrected chi connectivity index (χ0v) is 18.6. The van der Waals surface area contributed by atoms with E-state index in [2.05, 4.69) is 17.1 Å². The number of benzene rings is 2. The van der Waals surface area contributed by atoms with Crippen molar-refractivity contribution in [3.63, 3.8) is 0 Å². The number of nitrogens with one attached hydrogen (secondary N) is 1. The van der Waals surface area contributed by atoms with Crippen molar-refractivity contribution in [2.45, 2.75) is 26.2 Å². The molecular weight excluding hydrogens is 406 g/mol. The summed E-state index contributed by atoms with van der Waals surface area (Å²) in [6, 6.07) is 13.8. The van der Waals surface area contributed by atoms with E-state index in [1.165, 1.54) is 0 Å². The number of amides is 2. The van der Waals surface area contributed by atoms with Crippen molar-refractivity contribution in [1.82, 2.24) is 9.80 Å². The number of hydrogen-bond acceptors (Lipinski definition) is 5. The van der Waals surface area contributed by atoms with Crippen LogP contribution >= 0.6 is 0 Å². The number of fused-ring (bicyclic) bond motifs is 1. The van der Waals surface area contributed by atoms with E-state index in [0.717, 1.165) is 34.7 Å². The molecular formula is C25H31N3O4. The number of ether oxygens (including phenoxy) is 2. The summed E-state index contributed by atoms with van der Waals surface area (Å²) in [5.41, 5.74) is 3.09. The maximum atomic E-state index is 12.7. The normalized spacial score (nSPS) is 16.0. The summed E-state index contributed by atoms with van der Waals surface area (Å²) in [6.45, 7) is 6.27. The quantitative estimate of drug-likeness (QED) is 0.721. The van der Waals surface area contributed by atoms with Crippen molar-refractivity contribution in [3.05, 3.63) is 53.6 Å². The Bertz CT molecular complexity index is 954. The van der Waals surface area contributed by atoms with Crippen LogP contribution in [0.4, 0.5) is 5.69 Å². The number of rotatable bonds is 7. The number of nitrogens with zero attached hydrogens (tertiary/aromatic N) is 2. The fourth-order valence-electron chi connectivity index (χ4n) is 4.15. The molecule has 1 saturated heterocycles. The van der Waals surface area contributed by atoms with Crippen LogP contribution < -0.4 is 14.8 Å². The van der Waals surface area contributed by atoms with Crippen LogP contribution in [0.2, 0.25) is 0 Å². The highest BCUT2D eigenvalue weighted by molar-refractivity contribution is 5.93. The van der Waals surface area contributed by atoms with Gasteiger partial charge in [0.05, 0.1) is 6.54 Å². The van der Waals surface area contributed by atoms with Gasteiger partial charge >= 0.3 is 0 Å². The second-order valence-electron chi connectivity index (χ2n) is 8.19. The molecule has 32 heavy (non-hydrogen) atoms. The number of carbonyl (C=O) groups is 2. The molecule has 4 rings (SSSR count). The molecule has 0 bridgehead atoms. The van der Waals surface area contributed by atoms with Crippen LogP contribution in [0.3, 0.4) is 0 Å². The zero-order valence-electron chi connectivity index (χ0n) is 18.6. The first-order valence-corrected chi connectivity index (χ1v) is 11.4. The molecule has 0 saturated carbocycles. The van der Waals surface area contributed by atoms with E-state index in [4.69, 9.17) is 9.47 Å². The lowest BCUT2D eigenvalue weighted by Crippen LogP contribution is -2.50. The van der Waals surface area contributed by atoms with Crippen LogP contribution in [-0.2, 0) is 22.4 Å². The Hall–Kier alpha value is -3.06. The third kappa shape index (κ3) is 5.59. The number of aryl methyl sites for hydroxylation is 2. The molecule has 0 radical (unpaired) electrons. The van der Waals surface area contributed by atoms with Gasteiger partial charge in [-0.3, -0.25) is 14.5 Å². The van der Waals surface area contributed by atoms with Crippen molar-refractivity contribution < 1.29 is 19.1 Å². The van der Waals surface area contributed by atoms with Gasteiger partial charge in [0, 0.05) is 38.3 Å². The Morgan fingerprint density at radius 1 is 0.969 bits per heavy atom. The number of para-hydroxylation sites is 1. The molecule has 2 aromatic rings. The first-order valence-electron chi connectivity index (χ1n) is 11.4. The van der Waals surface area contributed by atoms with Gasteiger partial charge in [-0.2, -0.15) is 0 Å². The third-order valence-electron chi connectivity index (χ3n) is 6.00. The van der Waals surface area contributed by atoms with Crippen molar-refractivity contribution in [3.8, 4) is 11.5 Å². The maximum absolute atomic E-state index is 12.7. The van der Waals surface area contributed by atoms with Crippen molar-refractivity contribution in [2.75, 3.05) is 51.3 Å². The van der Waals surface area contributed by atoms with Crippen LogP contribution in [0.25, 0.3) is 0 Å². The van der Waals surface area contributed by atoms with E-state index < -0.39 is 0 Å². The highest BCUT2D eigenvalue weighted by Crippen LogP contribution is 2.31. The molecule has 170 valence electrons. The molecule has 0 aromatic heterocycles. The summed E-state index contributed by atoms with van der Waals surface area (Å²) < 4.78 is 11.2. The molecule has 0 unspecified atom stereocenters. The number of anilines is 1. The van der Waals surface area contributed by atoms with Crippen LogP contribution in [0.15, 0.2) is 42.5 Å². The van der Waals surface area contributed by atoms with Crippen LogP contribution in [0.1, 0.15) is 24.5 Å². The topological polar surface area (TPSA) is 71.1 Å². The van der Waals surface area contributed by atoms with Crippen LogP contribution in [0, 0.1) is 0 Å². The van der Waals surface area contributed by atoms with E-state index in [-0.39, 0.29) is 11.8 Å². The predicted molar refractivity (Wildman–Crippen MR) is 123 cm³/mol. The fourth-order valence-corrected chi connectivity index (χ4v) is 4.15. The molecule has 2 amide bonds. The smallest absolute Gasteiger partial charge is 0.238 e. The highest BCUT2D eigenvalue weighted by atomic mass is 16.6. The standard InChI is InChI=1S/C25H31N3O4/c1-2-20-5-3-4-6-21(20)26-24(29)18-27-11-13-28(14-12-27)25(30)10-8-19-7-9-22-23(17-19)32-16-15-31-22/h3-7,9,17H,2,8,10-16,18H2,1H3,(H,26,29). The minimum absolute atomic E-state index is 0.00992. The summed E-state index contributed by atoms with van der Waals surface area (Å²) in [4.78, 5) is 29.2. The molecule has 2 aliphatic rings. The van der Waals surface area contributed by atoms with Crippen molar-refractivity contribution >= 4 is 17.5 Å². The number of hydrogen-bond donors (Lipinski definition) is 1. The van der Waals surface area contributed by atoms with Gasteiger partial charge in [-0.25, -0.2) is 0 Å². The monoisotopic (exact) mass is 437 g/mol. The Morgan fingerprint density at radius 3 is 2.50 bits per heavy atom. The lowest BCUT2D eigenvalue weighted by Gasteiger charge is -2.34. The van der Waals surface area contributed by atoms with Gasteiger partial charge in [-0.05, 0) is 42.2 Å². The summed E-state index contributed by atoms with van der Waals surface area (Å²) in [7, 11) is 0. The van der Waals surface area contributed by atoms with Gasteiger partial charge < -0.3 is 19.7 Å². The SMILES string of the molecule is CCc1ccccc1NC(=O)CN1CCN(C(=O)CCc2ccc3c(c2)OCCO3)CC1. The Morgan fingerprint density at radius 2 is 1.72 bits per heavy atom. The Labute approximate surface area is 189 Å². The average molecular weight is 438 g/mol. The number of carbonyl (C=O) groups excluding carboxylic acids is 2. The summed E-state index contributed by atoms with van der Waals surface area (Å²) in [5.74, 6) is 1.67. The molecule has 7 heteroatoms. The molecule has 1 fully saturated rings. The molecule has 0 spiro atoms. The van der Waals surface area contributed by atoms with E-state index in [9.17, 15) is 9.59 Å². The first kappa shape index (κ1) is 22.1. The van der Waals surface area contributed by atoms with Gasteiger partial charge in [-0.15, -0.1) is 0 Å². The minimum atomic E-state index is -0.00992. The summed E-state index contributed by atoms with van der Waals surface area (Å²) in [6.07, 6.45) is 2.02. The predicted octanol–water partition coefficient (Wildman–Crippen LogP) is 2.74. The second kappa shape index (κ2) is 10.5. The maximum Gasteiger partial charge on any atom is 0.238 e. The average Bonchev–Trinajstić information content (AvgIpc) is 2.83. The summed E-state index contributed by atoms with van der Waals surface area (Å²) in [5, 5.41) is 3.02. The van der Waals surface area contributed by atoms with E-state index in [0.29, 0.717) is 58.8 Å². The van der Waals surface area contributed by atoms with Gasteiger partial charge in [0.2, 0.25) is 11.8 Å². The Balaban J connectivity index is 1.20. The second-order valence-corrected chi connectivity index (χ2v) is 8.19. The molecule has 2 heterocycles. The fraction of sp³-hybridized carbons (Fsp3) is 0.440. The highest BCUT2D eigenvalue weighted by Gasteiger charge is 2.22. The zero-order chi connectivity index (χ0) is 22.3. The molecule has 7 nitrogen and oxygen atoms in total. The van der Waals surface area contributed by atoms with Gasteiger partial charge in [0.1, 0.15) is 13.2 Å². The largest absolute Gasteiger partial charge is 0.486 e. The lowest BCUT2D eigenvalue weighted by atomic mass is 10.1. The molecule has 2 aliphatic heterocycles. The van der Waals surface area contributed by atoms with E-state index in [1.54, 1.807) is 0 Å². The van der Waals surface area contributed by atoms with E-state index in [1.807, 2.05) is 47.4 Å². The first-order chi connectivity index (χ1) is 15.6. The third-order valence-corrected chi connectivity index (χ3v) is 6.00. The lowest BCUT2D eigenvalue weighted by molar-refractivity contribution is -0.133. The van der Waals surface area contributed by atoms with Crippen LogP contribution in [-0.4, -0.2) is 67.6 Å². The van der Waals surface area contributed by atoms with Crippen molar-refractivity contribution in [2.24, 2.45) is 0 Å². The summed E-state index contributed by atoms with van der Waals surface area (Å²) >= 11 is 0. The van der Waals surface area contributed by atoms with E-state index >= 15 is 0 Å². The van der Waals surface area contributed by atoms with Gasteiger partial charge in [0.15, 0.2) is 11.5 Å². The van der Waals surface area contributed by atoms with Crippen LogP contribution in [0.5, 0.6) is 11.5 Å². The van der Waals surface area contributed by atoms with Crippen molar-refractivity contribution in [1.29, 1.82) is 0 Å². The number of piperazine rings is 1.